The van der Waals surface area contributed by atoms with Crippen molar-refractivity contribution in [3.63, 3.8) is 0 Å². The van der Waals surface area contributed by atoms with Crippen LogP contribution in [0.2, 0.25) is 0 Å². The van der Waals surface area contributed by atoms with Crippen LogP contribution in [0, 0.1) is 0 Å². The predicted octanol–water partition coefficient (Wildman–Crippen LogP) is 1.55. The zero-order valence-corrected chi connectivity index (χ0v) is 13.0. The molecule has 1 heterocycles. The second-order valence-corrected chi connectivity index (χ2v) is 5.57. The van der Waals surface area contributed by atoms with Crippen molar-refractivity contribution in [1.82, 2.24) is 15.5 Å². The van der Waals surface area contributed by atoms with Gasteiger partial charge in [-0.05, 0) is 27.2 Å². The Morgan fingerprint density at radius 2 is 2.10 bits per heavy atom. The number of methoxy groups -OCH3 is 1. The summed E-state index contributed by atoms with van der Waals surface area (Å²) in [6.45, 7) is 7.27. The molecule has 0 saturated carbocycles. The molecule has 0 aliphatic carbocycles. The highest BCUT2D eigenvalue weighted by atomic mass is 16.6. The van der Waals surface area contributed by atoms with Crippen LogP contribution in [0.25, 0.3) is 0 Å². The average molecular weight is 301 g/mol. The molecule has 1 aromatic heterocycles. The highest BCUT2D eigenvalue weighted by molar-refractivity contribution is 5.68. The van der Waals surface area contributed by atoms with Crippen molar-refractivity contribution in [2.45, 2.75) is 58.5 Å². The molecule has 21 heavy (non-hydrogen) atoms. The first kappa shape index (κ1) is 17.4. The summed E-state index contributed by atoms with van der Waals surface area (Å²) in [5.74, 6) is 0.295. The largest absolute Gasteiger partial charge is 0.444 e. The molecule has 2 unspecified atom stereocenters. The monoisotopic (exact) mass is 301 g/mol. The standard InChI is InChI=1S/C13H23N3O5/c1-6-8(14-12(18)21-13(2,3)4)10(17)11-16-15-9(20-11)7-19-5/h8,10,17H,6-7H2,1-5H3,(H,14,18). The Morgan fingerprint density at radius 3 is 2.62 bits per heavy atom. The molecule has 1 rings (SSSR count). The van der Waals surface area contributed by atoms with Crippen LogP contribution in [0.3, 0.4) is 0 Å². The van der Waals surface area contributed by atoms with Crippen LogP contribution in [0.1, 0.15) is 52.0 Å². The normalized spacial score (nSPS) is 14.6. The van der Waals surface area contributed by atoms with E-state index in [-0.39, 0.29) is 18.4 Å². The van der Waals surface area contributed by atoms with Gasteiger partial charge >= 0.3 is 6.09 Å². The third kappa shape index (κ3) is 5.68. The highest BCUT2D eigenvalue weighted by Crippen LogP contribution is 2.18. The number of rotatable bonds is 6. The van der Waals surface area contributed by atoms with Crippen LogP contribution < -0.4 is 5.32 Å². The third-order valence-corrected chi connectivity index (χ3v) is 2.53. The van der Waals surface area contributed by atoms with Crippen molar-refractivity contribution >= 4 is 6.09 Å². The Balaban J connectivity index is 2.67. The van der Waals surface area contributed by atoms with Gasteiger partial charge in [-0.25, -0.2) is 4.79 Å². The van der Waals surface area contributed by atoms with Gasteiger partial charge < -0.3 is 24.3 Å². The van der Waals surface area contributed by atoms with Crippen LogP contribution in [-0.4, -0.2) is 40.1 Å². The molecule has 0 spiro atoms. The van der Waals surface area contributed by atoms with Crippen molar-refractivity contribution in [2.24, 2.45) is 0 Å². The maximum Gasteiger partial charge on any atom is 0.407 e. The van der Waals surface area contributed by atoms with E-state index in [0.29, 0.717) is 6.42 Å². The fourth-order valence-electron chi connectivity index (χ4n) is 1.60. The summed E-state index contributed by atoms with van der Waals surface area (Å²) in [5, 5.41) is 20.3. The van der Waals surface area contributed by atoms with E-state index in [1.807, 2.05) is 6.92 Å². The van der Waals surface area contributed by atoms with Gasteiger partial charge in [-0.15, -0.1) is 10.2 Å². The first-order chi connectivity index (χ1) is 9.76. The lowest BCUT2D eigenvalue weighted by atomic mass is 10.1. The molecule has 8 heteroatoms. The van der Waals surface area contributed by atoms with Crippen molar-refractivity contribution in [3.05, 3.63) is 11.8 Å². The molecule has 1 amide bonds. The lowest BCUT2D eigenvalue weighted by Crippen LogP contribution is -2.42. The second kappa shape index (κ2) is 7.37. The van der Waals surface area contributed by atoms with Crippen LogP contribution in [-0.2, 0) is 16.1 Å². The number of aromatic nitrogens is 2. The summed E-state index contributed by atoms with van der Waals surface area (Å²) in [6, 6.07) is -0.587. The third-order valence-electron chi connectivity index (χ3n) is 2.53. The number of carbonyl (C=O) groups is 1. The molecule has 0 aliphatic heterocycles. The fourth-order valence-corrected chi connectivity index (χ4v) is 1.60. The van der Waals surface area contributed by atoms with Gasteiger partial charge in [0.1, 0.15) is 12.2 Å². The molecule has 8 nitrogen and oxygen atoms in total. The Hall–Kier alpha value is -1.67. The molecule has 2 N–H and O–H groups in total. The molecular formula is C13H23N3O5. The zero-order valence-electron chi connectivity index (χ0n) is 13.0. The second-order valence-electron chi connectivity index (χ2n) is 5.57. The number of aliphatic hydroxyl groups is 1. The minimum absolute atomic E-state index is 0.0324. The maximum absolute atomic E-state index is 11.7. The number of alkyl carbamates (subject to hydrolysis) is 1. The number of aliphatic hydroxyl groups excluding tert-OH is 1. The van der Waals surface area contributed by atoms with Gasteiger partial charge in [0, 0.05) is 7.11 Å². The summed E-state index contributed by atoms with van der Waals surface area (Å²) in [4.78, 5) is 11.7. The van der Waals surface area contributed by atoms with Gasteiger partial charge in [0.15, 0.2) is 6.10 Å². The van der Waals surface area contributed by atoms with Crippen LogP contribution >= 0.6 is 0 Å². The van der Waals surface area contributed by atoms with Gasteiger partial charge in [-0.3, -0.25) is 0 Å². The number of hydrogen-bond donors (Lipinski definition) is 2. The lowest BCUT2D eigenvalue weighted by Gasteiger charge is -2.24. The van der Waals surface area contributed by atoms with Gasteiger partial charge in [-0.1, -0.05) is 6.92 Å². The lowest BCUT2D eigenvalue weighted by molar-refractivity contribution is 0.0379. The number of ether oxygens (including phenoxy) is 2. The molecular weight excluding hydrogens is 278 g/mol. The van der Waals surface area contributed by atoms with E-state index in [1.54, 1.807) is 20.8 Å². The average Bonchev–Trinajstić information content (AvgIpc) is 2.82. The van der Waals surface area contributed by atoms with E-state index in [0.717, 1.165) is 0 Å². The van der Waals surface area contributed by atoms with Crippen LogP contribution in [0.15, 0.2) is 4.42 Å². The summed E-state index contributed by atoms with van der Waals surface area (Å²) < 4.78 is 15.3. The molecule has 1 aromatic rings. The number of nitrogens with one attached hydrogen (secondary N) is 1. The molecule has 0 saturated heterocycles. The van der Waals surface area contributed by atoms with E-state index < -0.39 is 23.8 Å². The number of hydrogen-bond acceptors (Lipinski definition) is 7. The van der Waals surface area contributed by atoms with Crippen LogP contribution in [0.4, 0.5) is 4.79 Å². The number of carbonyl (C=O) groups excluding carboxylic acids is 1. The van der Waals surface area contributed by atoms with E-state index in [2.05, 4.69) is 15.5 Å². The number of amides is 1. The summed E-state index contributed by atoms with van der Waals surface area (Å²) >= 11 is 0. The smallest absolute Gasteiger partial charge is 0.407 e. The summed E-state index contributed by atoms with van der Waals surface area (Å²) in [5.41, 5.74) is -0.608. The van der Waals surface area contributed by atoms with Crippen molar-refractivity contribution in [3.8, 4) is 0 Å². The van der Waals surface area contributed by atoms with E-state index in [1.165, 1.54) is 7.11 Å². The quantitative estimate of drug-likeness (QED) is 0.820. The van der Waals surface area contributed by atoms with E-state index in [9.17, 15) is 9.90 Å². The minimum atomic E-state index is -1.11. The summed E-state index contributed by atoms with van der Waals surface area (Å²) in [7, 11) is 1.50. The van der Waals surface area contributed by atoms with Gasteiger partial charge in [0.25, 0.3) is 0 Å². The zero-order chi connectivity index (χ0) is 16.0. The maximum atomic E-state index is 11.7. The number of nitrogens with zero attached hydrogens (tertiary/aromatic N) is 2. The van der Waals surface area contributed by atoms with Crippen LogP contribution in [0.5, 0.6) is 0 Å². The van der Waals surface area contributed by atoms with Crippen molar-refractivity contribution in [1.29, 1.82) is 0 Å². The topological polar surface area (TPSA) is 107 Å². The molecule has 2 atom stereocenters. The molecule has 0 fully saturated rings. The fraction of sp³-hybridized carbons (Fsp3) is 0.769. The minimum Gasteiger partial charge on any atom is -0.444 e. The van der Waals surface area contributed by atoms with E-state index in [4.69, 9.17) is 13.9 Å². The van der Waals surface area contributed by atoms with Gasteiger partial charge in [0.2, 0.25) is 11.8 Å². The van der Waals surface area contributed by atoms with Crippen molar-refractivity contribution in [2.75, 3.05) is 7.11 Å². The molecule has 120 valence electrons. The Morgan fingerprint density at radius 1 is 1.43 bits per heavy atom. The first-order valence-corrected chi connectivity index (χ1v) is 6.75. The summed E-state index contributed by atoms with van der Waals surface area (Å²) in [6.07, 6.45) is -1.24. The molecule has 0 aromatic carbocycles. The molecule has 0 radical (unpaired) electrons. The molecule has 0 bridgehead atoms. The van der Waals surface area contributed by atoms with Gasteiger partial charge in [0.05, 0.1) is 6.04 Å². The Bertz CT molecular complexity index is 455. The predicted molar refractivity (Wildman–Crippen MR) is 73.4 cm³/mol. The first-order valence-electron chi connectivity index (χ1n) is 6.75. The van der Waals surface area contributed by atoms with E-state index >= 15 is 0 Å². The molecule has 0 aliphatic rings. The Labute approximate surface area is 123 Å². The van der Waals surface area contributed by atoms with Crippen molar-refractivity contribution < 1.29 is 23.8 Å². The highest BCUT2D eigenvalue weighted by Gasteiger charge is 2.28. The SMILES string of the molecule is CCC(NC(=O)OC(C)(C)C)C(O)c1nnc(COC)o1. The van der Waals surface area contributed by atoms with Gasteiger partial charge in [-0.2, -0.15) is 0 Å². The Kier molecular flexibility index (Phi) is 6.10.